The fraction of sp³-hybridized carbons (Fsp3) is 0.364. The summed E-state index contributed by atoms with van der Waals surface area (Å²) < 4.78 is 32.2. The summed E-state index contributed by atoms with van der Waals surface area (Å²) in [4.78, 5) is 17.7. The van der Waals surface area contributed by atoms with E-state index in [9.17, 15) is 13.2 Å². The molecule has 158 valence electrons. The van der Waals surface area contributed by atoms with Gasteiger partial charge in [-0.25, -0.2) is 8.42 Å². The Kier molecular flexibility index (Phi) is 6.75. The summed E-state index contributed by atoms with van der Waals surface area (Å²) in [5, 5.41) is 1.94. The topological polar surface area (TPSA) is 77.2 Å². The molecule has 0 N–H and O–H groups in total. The lowest BCUT2D eigenvalue weighted by atomic mass is 9.86. The molecule has 5 nitrogen and oxygen atoms in total. The van der Waals surface area contributed by atoms with Crippen LogP contribution >= 0.6 is 23.1 Å². The summed E-state index contributed by atoms with van der Waals surface area (Å²) in [5.41, 5.74) is 0. The second-order valence-electron chi connectivity index (χ2n) is 7.44. The number of nitrogens with zero attached hydrogens (tertiary/aromatic N) is 1. The number of oxazole rings is 1. The lowest BCUT2D eigenvalue weighted by Crippen LogP contribution is -2.13. The third-order valence-electron chi connectivity index (χ3n) is 5.21. The van der Waals surface area contributed by atoms with Crippen LogP contribution in [0.15, 0.2) is 67.3 Å². The highest BCUT2D eigenvalue weighted by Crippen LogP contribution is 2.36. The maximum atomic E-state index is 13.2. The van der Waals surface area contributed by atoms with E-state index in [1.807, 2.05) is 17.5 Å². The molecule has 0 bridgehead atoms. The van der Waals surface area contributed by atoms with Gasteiger partial charge in [0.2, 0.25) is 25.8 Å². The minimum absolute atomic E-state index is 0.118. The summed E-state index contributed by atoms with van der Waals surface area (Å²) >= 11 is 2.56. The number of rotatable bonds is 8. The van der Waals surface area contributed by atoms with E-state index in [4.69, 9.17) is 4.42 Å². The van der Waals surface area contributed by atoms with Crippen molar-refractivity contribution in [1.82, 2.24) is 4.98 Å². The third kappa shape index (κ3) is 4.87. The van der Waals surface area contributed by atoms with E-state index >= 15 is 0 Å². The average molecular weight is 462 g/mol. The highest BCUT2D eigenvalue weighted by atomic mass is 32.2. The highest BCUT2D eigenvalue weighted by Gasteiger charge is 2.29. The number of carbonyl (C=O) groups is 1. The molecular formula is C22H23NO4S3. The average Bonchev–Trinajstić information content (AvgIpc) is 3.44. The van der Waals surface area contributed by atoms with Crippen molar-refractivity contribution in [2.75, 3.05) is 5.75 Å². The van der Waals surface area contributed by atoms with Crippen molar-refractivity contribution < 1.29 is 17.6 Å². The molecule has 30 heavy (non-hydrogen) atoms. The Morgan fingerprint density at radius 1 is 1.10 bits per heavy atom. The second-order valence-corrected chi connectivity index (χ2v) is 11.2. The van der Waals surface area contributed by atoms with Gasteiger partial charge in [0.25, 0.3) is 0 Å². The molecule has 4 rings (SSSR count). The molecule has 0 spiro atoms. The van der Waals surface area contributed by atoms with Crippen molar-refractivity contribution in [2.24, 2.45) is 5.92 Å². The molecule has 1 fully saturated rings. The van der Waals surface area contributed by atoms with Gasteiger partial charge in [-0.3, -0.25) is 4.79 Å². The van der Waals surface area contributed by atoms with E-state index in [1.165, 1.54) is 42.7 Å². The largest absolute Gasteiger partial charge is 0.428 e. The summed E-state index contributed by atoms with van der Waals surface area (Å²) in [6.07, 6.45) is 6.40. The van der Waals surface area contributed by atoms with Gasteiger partial charge in [0, 0.05) is 6.42 Å². The van der Waals surface area contributed by atoms with Gasteiger partial charge >= 0.3 is 0 Å². The van der Waals surface area contributed by atoms with Gasteiger partial charge in [0.1, 0.15) is 5.78 Å². The van der Waals surface area contributed by atoms with Crippen molar-refractivity contribution in [3.8, 4) is 10.8 Å². The molecule has 0 atom stereocenters. The zero-order valence-electron chi connectivity index (χ0n) is 16.5. The fourth-order valence-corrected chi connectivity index (χ4v) is 6.76. The summed E-state index contributed by atoms with van der Waals surface area (Å²) in [5.74, 6) is 1.04. The molecule has 1 aliphatic carbocycles. The van der Waals surface area contributed by atoms with Crippen LogP contribution in [0.1, 0.15) is 38.5 Å². The van der Waals surface area contributed by atoms with Crippen LogP contribution in [0.4, 0.5) is 0 Å². The van der Waals surface area contributed by atoms with Gasteiger partial charge < -0.3 is 4.42 Å². The van der Waals surface area contributed by atoms with Gasteiger partial charge in [-0.15, -0.1) is 11.3 Å². The first kappa shape index (κ1) is 21.3. The van der Waals surface area contributed by atoms with Crippen molar-refractivity contribution in [2.45, 2.75) is 53.5 Å². The summed E-state index contributed by atoms with van der Waals surface area (Å²) in [7, 11) is -3.85. The molecule has 0 amide bonds. The predicted molar refractivity (Wildman–Crippen MR) is 119 cm³/mol. The van der Waals surface area contributed by atoms with E-state index < -0.39 is 9.84 Å². The summed E-state index contributed by atoms with van der Waals surface area (Å²) in [6.45, 7) is 0. The predicted octanol–water partition coefficient (Wildman–Crippen LogP) is 5.87. The molecule has 1 aliphatic rings. The molecule has 0 aliphatic heterocycles. The smallest absolute Gasteiger partial charge is 0.238 e. The van der Waals surface area contributed by atoms with Gasteiger partial charge in [-0.1, -0.05) is 68.1 Å². The first-order valence-electron chi connectivity index (χ1n) is 10.0. The Balaban J connectivity index is 1.57. The zero-order chi connectivity index (χ0) is 21.0. The molecule has 8 heteroatoms. The van der Waals surface area contributed by atoms with Crippen molar-refractivity contribution in [1.29, 1.82) is 0 Å². The fourth-order valence-electron chi connectivity index (χ4n) is 3.69. The van der Waals surface area contributed by atoms with Crippen molar-refractivity contribution in [3.63, 3.8) is 0 Å². The first-order chi connectivity index (χ1) is 14.5. The molecule has 0 unspecified atom stereocenters. The number of benzene rings is 1. The van der Waals surface area contributed by atoms with Crippen LogP contribution in [0.25, 0.3) is 10.8 Å². The molecule has 0 radical (unpaired) electrons. The van der Waals surface area contributed by atoms with Gasteiger partial charge in [-0.05, 0) is 29.5 Å². The van der Waals surface area contributed by atoms with Gasteiger partial charge in [0.15, 0.2) is 0 Å². The number of ketones is 1. The summed E-state index contributed by atoms with van der Waals surface area (Å²) in [6, 6.07) is 11.9. The second kappa shape index (κ2) is 9.49. The maximum Gasteiger partial charge on any atom is 0.238 e. The monoisotopic (exact) mass is 461 g/mol. The maximum absolute atomic E-state index is 13.2. The number of aromatic nitrogens is 1. The number of hydrogen-bond donors (Lipinski definition) is 0. The Hall–Kier alpha value is -1.90. The van der Waals surface area contributed by atoms with Crippen LogP contribution in [0.3, 0.4) is 0 Å². The lowest BCUT2D eigenvalue weighted by Gasteiger charge is -2.20. The number of thioether (sulfide) groups is 1. The van der Waals surface area contributed by atoms with E-state index in [0.29, 0.717) is 12.3 Å². The van der Waals surface area contributed by atoms with Crippen LogP contribution in [-0.4, -0.2) is 24.9 Å². The Labute approximate surface area is 184 Å². The van der Waals surface area contributed by atoms with E-state index in [1.54, 1.807) is 18.2 Å². The molecule has 3 aromatic rings. The van der Waals surface area contributed by atoms with Crippen molar-refractivity contribution in [3.05, 3.63) is 47.8 Å². The normalized spacial score (nSPS) is 15.3. The van der Waals surface area contributed by atoms with Crippen molar-refractivity contribution >= 4 is 38.7 Å². The van der Waals surface area contributed by atoms with E-state index in [-0.39, 0.29) is 32.4 Å². The number of carbonyl (C=O) groups excluding carboxylic acids is 1. The quantitative estimate of drug-likeness (QED) is 0.391. The van der Waals surface area contributed by atoms with Crippen LogP contribution < -0.4 is 0 Å². The van der Waals surface area contributed by atoms with Crippen LogP contribution in [0.5, 0.6) is 0 Å². The molecule has 1 saturated carbocycles. The Morgan fingerprint density at radius 3 is 2.57 bits per heavy atom. The molecule has 2 aromatic heterocycles. The number of thiophene rings is 1. The minimum atomic E-state index is -3.85. The third-order valence-corrected chi connectivity index (χ3v) is 8.88. The lowest BCUT2D eigenvalue weighted by molar-refractivity contribution is -0.117. The SMILES string of the molecule is O=C(CSc1oc(-c2cccs2)nc1S(=O)(=O)c1ccccc1)CC1CCCCC1. The number of sulfone groups is 1. The van der Waals surface area contributed by atoms with Gasteiger partial charge in [-0.2, -0.15) is 4.98 Å². The number of hydrogen-bond acceptors (Lipinski definition) is 7. The Bertz CT molecular complexity index is 1080. The first-order valence-corrected chi connectivity index (χ1v) is 13.4. The van der Waals surface area contributed by atoms with Gasteiger partial charge in [0.05, 0.1) is 15.5 Å². The molecule has 1 aromatic carbocycles. The number of Topliss-reactive ketones (excluding diaryl/α,β-unsaturated/α-hetero) is 1. The zero-order valence-corrected chi connectivity index (χ0v) is 18.9. The van der Waals surface area contributed by atoms with Crippen LogP contribution in [0, 0.1) is 5.92 Å². The van der Waals surface area contributed by atoms with E-state index in [0.717, 1.165) is 29.5 Å². The standard InChI is InChI=1S/C22H23NO4S3/c24-17(14-16-8-3-1-4-9-16)15-29-22-21(23-20(27-22)19-12-7-13-28-19)30(25,26)18-10-5-2-6-11-18/h2,5-7,10-13,16H,1,3-4,8-9,14-15H2. The Morgan fingerprint density at radius 2 is 1.87 bits per heavy atom. The van der Waals surface area contributed by atoms with E-state index in [2.05, 4.69) is 4.98 Å². The molecular weight excluding hydrogens is 438 g/mol. The molecule has 0 saturated heterocycles. The minimum Gasteiger partial charge on any atom is -0.428 e. The van der Waals surface area contributed by atoms with Crippen LogP contribution in [-0.2, 0) is 14.6 Å². The molecule has 2 heterocycles. The van der Waals surface area contributed by atoms with Crippen LogP contribution in [0.2, 0.25) is 0 Å². The highest BCUT2D eigenvalue weighted by molar-refractivity contribution is 8.00.